The van der Waals surface area contributed by atoms with E-state index in [2.05, 4.69) is 26.2 Å². The predicted molar refractivity (Wildman–Crippen MR) is 92.3 cm³/mol. The first-order valence-corrected chi connectivity index (χ1v) is 7.86. The molecule has 2 aromatic carbocycles. The molecular weight excluding hydrogens is 339 g/mol. The SMILES string of the molecule is Cc1ccc(NC(=O)NC[C@@H](O)c2ccccc2F)cc1-n1cnnn1. The van der Waals surface area contributed by atoms with Crippen LogP contribution in [0, 0.1) is 12.7 Å². The predicted octanol–water partition coefficient (Wildman–Crippen LogP) is 1.96. The van der Waals surface area contributed by atoms with Crippen LogP contribution in [0.5, 0.6) is 0 Å². The number of carbonyl (C=O) groups is 1. The Morgan fingerprint density at radius 1 is 1.31 bits per heavy atom. The molecule has 1 heterocycles. The van der Waals surface area contributed by atoms with Gasteiger partial charge in [0.15, 0.2) is 0 Å². The summed E-state index contributed by atoms with van der Waals surface area (Å²) in [4.78, 5) is 12.0. The number of tetrazole rings is 1. The fourth-order valence-corrected chi connectivity index (χ4v) is 2.43. The van der Waals surface area contributed by atoms with Crippen LogP contribution < -0.4 is 10.6 Å². The monoisotopic (exact) mass is 356 g/mol. The second-order valence-corrected chi connectivity index (χ2v) is 5.63. The Hall–Kier alpha value is -3.33. The third kappa shape index (κ3) is 4.01. The molecule has 0 fully saturated rings. The number of hydrogen-bond donors (Lipinski definition) is 3. The van der Waals surface area contributed by atoms with Crippen LogP contribution in [0.15, 0.2) is 48.8 Å². The van der Waals surface area contributed by atoms with Crippen molar-refractivity contribution in [1.82, 2.24) is 25.5 Å². The number of aryl methyl sites for hydroxylation is 1. The highest BCUT2D eigenvalue weighted by molar-refractivity contribution is 5.89. The lowest BCUT2D eigenvalue weighted by Crippen LogP contribution is -2.32. The topological polar surface area (TPSA) is 105 Å². The minimum Gasteiger partial charge on any atom is -0.386 e. The zero-order chi connectivity index (χ0) is 18.5. The van der Waals surface area contributed by atoms with Crippen molar-refractivity contribution in [3.8, 4) is 5.69 Å². The largest absolute Gasteiger partial charge is 0.386 e. The Morgan fingerprint density at radius 3 is 2.85 bits per heavy atom. The van der Waals surface area contributed by atoms with Crippen molar-refractivity contribution < 1.29 is 14.3 Å². The van der Waals surface area contributed by atoms with E-state index >= 15 is 0 Å². The number of hydrogen-bond acceptors (Lipinski definition) is 5. The van der Waals surface area contributed by atoms with E-state index < -0.39 is 18.0 Å². The van der Waals surface area contributed by atoms with Gasteiger partial charge in [0, 0.05) is 17.8 Å². The number of nitrogens with one attached hydrogen (secondary N) is 2. The maximum Gasteiger partial charge on any atom is 0.319 e. The van der Waals surface area contributed by atoms with Gasteiger partial charge in [-0.05, 0) is 41.1 Å². The summed E-state index contributed by atoms with van der Waals surface area (Å²) in [6.07, 6.45) is 0.313. The van der Waals surface area contributed by atoms with Crippen LogP contribution in [-0.2, 0) is 0 Å². The summed E-state index contributed by atoms with van der Waals surface area (Å²) in [6.45, 7) is 1.77. The van der Waals surface area contributed by atoms with Crippen molar-refractivity contribution in [2.75, 3.05) is 11.9 Å². The molecule has 0 aliphatic rings. The van der Waals surface area contributed by atoms with Gasteiger partial charge in [-0.1, -0.05) is 24.3 Å². The minimum atomic E-state index is -1.14. The highest BCUT2D eigenvalue weighted by atomic mass is 19.1. The lowest BCUT2D eigenvalue weighted by molar-refractivity contribution is 0.170. The summed E-state index contributed by atoms with van der Waals surface area (Å²) < 4.78 is 15.1. The Bertz CT molecular complexity index is 900. The highest BCUT2D eigenvalue weighted by Gasteiger charge is 2.13. The third-order valence-electron chi connectivity index (χ3n) is 3.78. The molecule has 0 spiro atoms. The van der Waals surface area contributed by atoms with Crippen LogP contribution >= 0.6 is 0 Å². The summed E-state index contributed by atoms with van der Waals surface area (Å²) in [5.74, 6) is -0.521. The summed E-state index contributed by atoms with van der Waals surface area (Å²) in [6, 6.07) is 10.6. The second-order valence-electron chi connectivity index (χ2n) is 5.63. The maximum absolute atomic E-state index is 13.6. The quantitative estimate of drug-likeness (QED) is 0.648. The number of carbonyl (C=O) groups excluding carboxylic acids is 1. The molecule has 3 N–H and O–H groups in total. The number of anilines is 1. The average Bonchev–Trinajstić information content (AvgIpc) is 3.16. The first-order valence-electron chi connectivity index (χ1n) is 7.86. The number of aliphatic hydroxyl groups excluding tert-OH is 1. The molecule has 26 heavy (non-hydrogen) atoms. The first kappa shape index (κ1) is 17.5. The van der Waals surface area contributed by atoms with Crippen LogP contribution in [0.1, 0.15) is 17.2 Å². The molecule has 0 aliphatic heterocycles. The maximum atomic E-state index is 13.6. The Kier molecular flexibility index (Phi) is 5.18. The van der Waals surface area contributed by atoms with Gasteiger partial charge in [0.05, 0.1) is 11.8 Å². The smallest absolute Gasteiger partial charge is 0.319 e. The summed E-state index contributed by atoms with van der Waals surface area (Å²) in [5.41, 5.74) is 2.31. The number of aromatic nitrogens is 4. The molecule has 1 atom stereocenters. The molecule has 0 saturated heterocycles. The zero-order valence-corrected chi connectivity index (χ0v) is 13.9. The van der Waals surface area contributed by atoms with E-state index in [0.29, 0.717) is 5.69 Å². The van der Waals surface area contributed by atoms with Crippen LogP contribution in [0.4, 0.5) is 14.9 Å². The molecule has 0 radical (unpaired) electrons. The van der Waals surface area contributed by atoms with Crippen molar-refractivity contribution in [2.45, 2.75) is 13.0 Å². The lowest BCUT2D eigenvalue weighted by atomic mass is 10.1. The number of amides is 2. The summed E-state index contributed by atoms with van der Waals surface area (Å²) >= 11 is 0. The standard InChI is InChI=1S/C17H17FN6O2/c1-11-6-7-12(8-15(11)24-10-20-22-23-24)21-17(26)19-9-16(25)13-4-2-3-5-14(13)18/h2-8,10,16,25H,9H2,1H3,(H2,19,21,26)/t16-/m1/s1. The van der Waals surface area contributed by atoms with Gasteiger partial charge < -0.3 is 15.7 Å². The first-order chi connectivity index (χ1) is 12.5. The van der Waals surface area contributed by atoms with E-state index in [-0.39, 0.29) is 12.1 Å². The van der Waals surface area contributed by atoms with Crippen molar-refractivity contribution in [2.24, 2.45) is 0 Å². The number of rotatable bonds is 5. The molecule has 8 nitrogen and oxygen atoms in total. The van der Waals surface area contributed by atoms with E-state index in [1.54, 1.807) is 18.2 Å². The van der Waals surface area contributed by atoms with Gasteiger partial charge >= 0.3 is 6.03 Å². The van der Waals surface area contributed by atoms with Crippen molar-refractivity contribution >= 4 is 11.7 Å². The third-order valence-corrected chi connectivity index (χ3v) is 3.78. The van der Waals surface area contributed by atoms with Crippen molar-refractivity contribution in [3.05, 3.63) is 65.7 Å². The van der Waals surface area contributed by atoms with Gasteiger partial charge in [-0.25, -0.2) is 13.9 Å². The molecular formula is C17H17FN6O2. The van der Waals surface area contributed by atoms with E-state index in [1.807, 2.05) is 13.0 Å². The fraction of sp³-hybridized carbons (Fsp3) is 0.176. The summed E-state index contributed by atoms with van der Waals surface area (Å²) in [7, 11) is 0. The molecule has 1 aromatic heterocycles. The second kappa shape index (κ2) is 7.70. The molecule has 0 unspecified atom stereocenters. The van der Waals surface area contributed by atoms with Crippen LogP contribution in [-0.4, -0.2) is 37.9 Å². The molecule has 3 aromatic rings. The van der Waals surface area contributed by atoms with Gasteiger partial charge in [-0.2, -0.15) is 0 Å². The fourth-order valence-electron chi connectivity index (χ4n) is 2.43. The van der Waals surface area contributed by atoms with Crippen LogP contribution in [0.2, 0.25) is 0 Å². The number of aliphatic hydroxyl groups is 1. The van der Waals surface area contributed by atoms with E-state index in [9.17, 15) is 14.3 Å². The van der Waals surface area contributed by atoms with E-state index in [1.165, 1.54) is 29.2 Å². The number of urea groups is 1. The van der Waals surface area contributed by atoms with Crippen molar-refractivity contribution in [3.63, 3.8) is 0 Å². The lowest BCUT2D eigenvalue weighted by Gasteiger charge is -2.14. The highest BCUT2D eigenvalue weighted by Crippen LogP contribution is 2.18. The molecule has 3 rings (SSSR count). The van der Waals surface area contributed by atoms with Crippen molar-refractivity contribution in [1.29, 1.82) is 0 Å². The average molecular weight is 356 g/mol. The molecule has 9 heteroatoms. The molecule has 134 valence electrons. The molecule has 2 amide bonds. The van der Waals surface area contributed by atoms with Gasteiger partial charge in [0.1, 0.15) is 12.1 Å². The zero-order valence-electron chi connectivity index (χ0n) is 13.9. The van der Waals surface area contributed by atoms with Crippen LogP contribution in [0.25, 0.3) is 5.69 Å². The normalized spacial score (nSPS) is 11.8. The molecule has 0 saturated carbocycles. The number of nitrogens with zero attached hydrogens (tertiary/aromatic N) is 4. The molecule has 0 aliphatic carbocycles. The minimum absolute atomic E-state index is 0.127. The Balaban J connectivity index is 1.62. The Morgan fingerprint density at radius 2 is 2.12 bits per heavy atom. The number of benzene rings is 2. The van der Waals surface area contributed by atoms with E-state index in [0.717, 1.165) is 11.3 Å². The van der Waals surface area contributed by atoms with Gasteiger partial charge in [0.2, 0.25) is 0 Å². The molecule has 0 bridgehead atoms. The Labute approximate surface area is 148 Å². The number of halogens is 1. The van der Waals surface area contributed by atoms with Gasteiger partial charge in [-0.3, -0.25) is 0 Å². The van der Waals surface area contributed by atoms with Gasteiger partial charge in [-0.15, -0.1) is 5.10 Å². The van der Waals surface area contributed by atoms with Crippen LogP contribution in [0.3, 0.4) is 0 Å². The van der Waals surface area contributed by atoms with Gasteiger partial charge in [0.25, 0.3) is 0 Å². The summed E-state index contributed by atoms with van der Waals surface area (Å²) in [5, 5.41) is 26.2. The van der Waals surface area contributed by atoms with E-state index in [4.69, 9.17) is 0 Å².